The molecule has 0 spiro atoms. The van der Waals surface area contributed by atoms with E-state index in [2.05, 4.69) is 16.6 Å². The Morgan fingerprint density at radius 2 is 2.14 bits per heavy atom. The van der Waals surface area contributed by atoms with Crippen molar-refractivity contribution < 1.29 is 19.0 Å². The molecule has 1 unspecified atom stereocenters. The fraction of sp³-hybridized carbons (Fsp3) is 0.562. The van der Waals surface area contributed by atoms with Crippen molar-refractivity contribution in [3.63, 3.8) is 0 Å². The van der Waals surface area contributed by atoms with Gasteiger partial charge >= 0.3 is 5.97 Å². The molecule has 5 heteroatoms. The first-order valence-electron chi connectivity index (χ1n) is 7.27. The summed E-state index contributed by atoms with van der Waals surface area (Å²) in [6.07, 6.45) is 0.233. The molecular formula is C16H23NO4. The minimum Gasteiger partial charge on any atom is -0.492 e. The SMILES string of the molecule is COC(=O)CC1CN(CCOc2ccc(C)cc2)CCO1. The van der Waals surface area contributed by atoms with Crippen molar-refractivity contribution >= 4 is 5.97 Å². The number of rotatable bonds is 6. The highest BCUT2D eigenvalue weighted by Crippen LogP contribution is 2.12. The fourth-order valence-electron chi connectivity index (χ4n) is 2.30. The summed E-state index contributed by atoms with van der Waals surface area (Å²) < 4.78 is 16.0. The van der Waals surface area contributed by atoms with E-state index in [0.29, 0.717) is 19.6 Å². The van der Waals surface area contributed by atoms with Gasteiger partial charge in [0.2, 0.25) is 0 Å². The summed E-state index contributed by atoms with van der Waals surface area (Å²) in [5.74, 6) is 0.665. The molecular weight excluding hydrogens is 270 g/mol. The van der Waals surface area contributed by atoms with E-state index in [9.17, 15) is 4.79 Å². The van der Waals surface area contributed by atoms with Crippen LogP contribution in [0.5, 0.6) is 5.75 Å². The van der Waals surface area contributed by atoms with Gasteiger partial charge in [0.1, 0.15) is 12.4 Å². The summed E-state index contributed by atoms with van der Waals surface area (Å²) in [7, 11) is 1.40. The van der Waals surface area contributed by atoms with E-state index in [0.717, 1.165) is 25.4 Å². The average Bonchev–Trinajstić information content (AvgIpc) is 2.49. The predicted molar refractivity (Wildman–Crippen MR) is 79.5 cm³/mol. The summed E-state index contributed by atoms with van der Waals surface area (Å²) in [4.78, 5) is 13.5. The first-order chi connectivity index (χ1) is 10.2. The Labute approximate surface area is 125 Å². The van der Waals surface area contributed by atoms with Gasteiger partial charge in [-0.15, -0.1) is 0 Å². The molecule has 5 nitrogen and oxygen atoms in total. The van der Waals surface area contributed by atoms with E-state index < -0.39 is 0 Å². The van der Waals surface area contributed by atoms with Gasteiger partial charge in [-0.05, 0) is 19.1 Å². The van der Waals surface area contributed by atoms with Crippen LogP contribution in [0.25, 0.3) is 0 Å². The maximum Gasteiger partial charge on any atom is 0.308 e. The Morgan fingerprint density at radius 3 is 2.86 bits per heavy atom. The second kappa shape index (κ2) is 8.00. The number of morpholine rings is 1. The largest absolute Gasteiger partial charge is 0.492 e. The second-order valence-electron chi connectivity index (χ2n) is 5.24. The van der Waals surface area contributed by atoms with Crippen LogP contribution in [0, 0.1) is 6.92 Å². The first kappa shape index (κ1) is 15.8. The van der Waals surface area contributed by atoms with Gasteiger partial charge in [-0.1, -0.05) is 17.7 Å². The van der Waals surface area contributed by atoms with Crippen LogP contribution in [0.3, 0.4) is 0 Å². The summed E-state index contributed by atoms with van der Waals surface area (Å²) >= 11 is 0. The first-order valence-corrected chi connectivity index (χ1v) is 7.27. The van der Waals surface area contributed by atoms with E-state index in [1.54, 1.807) is 0 Å². The van der Waals surface area contributed by atoms with Crippen LogP contribution in [0.1, 0.15) is 12.0 Å². The van der Waals surface area contributed by atoms with Gasteiger partial charge in [0.25, 0.3) is 0 Å². The Morgan fingerprint density at radius 1 is 1.38 bits per heavy atom. The van der Waals surface area contributed by atoms with E-state index in [-0.39, 0.29) is 12.1 Å². The molecule has 0 radical (unpaired) electrons. The molecule has 0 aliphatic carbocycles. The number of methoxy groups -OCH3 is 1. The second-order valence-corrected chi connectivity index (χ2v) is 5.24. The monoisotopic (exact) mass is 293 g/mol. The molecule has 1 heterocycles. The van der Waals surface area contributed by atoms with Crippen LogP contribution in [-0.4, -0.2) is 56.9 Å². The highest BCUT2D eigenvalue weighted by molar-refractivity contribution is 5.69. The van der Waals surface area contributed by atoms with Crippen LogP contribution < -0.4 is 4.74 Å². The van der Waals surface area contributed by atoms with E-state index >= 15 is 0 Å². The molecule has 0 saturated carbocycles. The number of carbonyl (C=O) groups is 1. The summed E-state index contributed by atoms with van der Waals surface area (Å²) in [6, 6.07) is 8.04. The van der Waals surface area contributed by atoms with Crippen LogP contribution >= 0.6 is 0 Å². The van der Waals surface area contributed by atoms with Crippen molar-refractivity contribution in [3.8, 4) is 5.75 Å². The highest BCUT2D eigenvalue weighted by atomic mass is 16.5. The molecule has 1 aliphatic heterocycles. The predicted octanol–water partition coefficient (Wildman–Crippen LogP) is 1.64. The Balaban J connectivity index is 1.70. The number of hydrogen-bond acceptors (Lipinski definition) is 5. The summed E-state index contributed by atoms with van der Waals surface area (Å²) in [6.45, 7) is 5.77. The molecule has 1 aromatic rings. The minimum absolute atomic E-state index is 0.0782. The normalized spacial score (nSPS) is 19.2. The van der Waals surface area contributed by atoms with Crippen LogP contribution in [0.4, 0.5) is 0 Å². The Hall–Kier alpha value is -1.59. The van der Waals surface area contributed by atoms with E-state index in [1.165, 1.54) is 12.7 Å². The van der Waals surface area contributed by atoms with Crippen LogP contribution in [0.15, 0.2) is 24.3 Å². The molecule has 0 N–H and O–H groups in total. The Bertz CT molecular complexity index is 446. The maximum absolute atomic E-state index is 11.3. The van der Waals surface area contributed by atoms with Crippen LogP contribution in [-0.2, 0) is 14.3 Å². The number of carbonyl (C=O) groups excluding carboxylic acids is 1. The molecule has 2 rings (SSSR count). The van der Waals surface area contributed by atoms with Gasteiger partial charge in [0.05, 0.1) is 26.2 Å². The molecule has 1 aromatic carbocycles. The molecule has 1 saturated heterocycles. The number of hydrogen-bond donors (Lipinski definition) is 0. The lowest BCUT2D eigenvalue weighted by Gasteiger charge is -2.32. The Kier molecular flexibility index (Phi) is 6.02. The summed E-state index contributed by atoms with van der Waals surface area (Å²) in [5.41, 5.74) is 1.22. The number of esters is 1. The maximum atomic E-state index is 11.3. The quantitative estimate of drug-likeness (QED) is 0.746. The van der Waals surface area contributed by atoms with Gasteiger partial charge in [-0.3, -0.25) is 9.69 Å². The zero-order chi connectivity index (χ0) is 15.1. The van der Waals surface area contributed by atoms with Crippen molar-refractivity contribution in [2.75, 3.05) is 40.0 Å². The third kappa shape index (κ3) is 5.36. The zero-order valence-corrected chi connectivity index (χ0v) is 12.7. The number of benzene rings is 1. The highest BCUT2D eigenvalue weighted by Gasteiger charge is 2.22. The summed E-state index contributed by atoms with van der Waals surface area (Å²) in [5, 5.41) is 0. The van der Waals surface area contributed by atoms with Gasteiger partial charge in [0.15, 0.2) is 0 Å². The van der Waals surface area contributed by atoms with Crippen molar-refractivity contribution in [1.82, 2.24) is 4.90 Å². The number of aryl methyl sites for hydroxylation is 1. The van der Waals surface area contributed by atoms with Crippen LogP contribution in [0.2, 0.25) is 0 Å². The number of ether oxygens (including phenoxy) is 3. The fourth-order valence-corrected chi connectivity index (χ4v) is 2.30. The lowest BCUT2D eigenvalue weighted by Crippen LogP contribution is -2.44. The van der Waals surface area contributed by atoms with Gasteiger partial charge in [-0.2, -0.15) is 0 Å². The topological polar surface area (TPSA) is 48.0 Å². The third-order valence-corrected chi connectivity index (χ3v) is 3.54. The minimum atomic E-state index is -0.224. The van der Waals surface area contributed by atoms with Gasteiger partial charge in [0, 0.05) is 19.6 Å². The molecule has 116 valence electrons. The molecule has 21 heavy (non-hydrogen) atoms. The number of nitrogens with zero attached hydrogens (tertiary/aromatic N) is 1. The average molecular weight is 293 g/mol. The molecule has 1 aliphatic rings. The van der Waals surface area contributed by atoms with E-state index in [4.69, 9.17) is 9.47 Å². The molecule has 0 amide bonds. The molecule has 0 bridgehead atoms. The van der Waals surface area contributed by atoms with Gasteiger partial charge in [-0.25, -0.2) is 0 Å². The van der Waals surface area contributed by atoms with Crippen molar-refractivity contribution in [1.29, 1.82) is 0 Å². The molecule has 1 atom stereocenters. The van der Waals surface area contributed by atoms with Crippen molar-refractivity contribution in [3.05, 3.63) is 29.8 Å². The van der Waals surface area contributed by atoms with Crippen molar-refractivity contribution in [2.24, 2.45) is 0 Å². The lowest BCUT2D eigenvalue weighted by molar-refractivity contribution is -0.145. The zero-order valence-electron chi connectivity index (χ0n) is 12.7. The molecule has 0 aromatic heterocycles. The molecule has 1 fully saturated rings. The van der Waals surface area contributed by atoms with E-state index in [1.807, 2.05) is 24.3 Å². The lowest BCUT2D eigenvalue weighted by atomic mass is 10.2. The van der Waals surface area contributed by atoms with Gasteiger partial charge < -0.3 is 14.2 Å². The third-order valence-electron chi connectivity index (χ3n) is 3.54. The smallest absolute Gasteiger partial charge is 0.308 e. The standard InChI is InChI=1S/C16H23NO4/c1-13-3-5-14(6-4-13)20-9-7-17-8-10-21-15(12-17)11-16(18)19-2/h3-6,15H,7-12H2,1-2H3. The van der Waals surface area contributed by atoms with Crippen molar-refractivity contribution in [2.45, 2.75) is 19.4 Å².